The highest BCUT2D eigenvalue weighted by Gasteiger charge is 2.36. The van der Waals surface area contributed by atoms with Crippen LogP contribution in [0.2, 0.25) is 0 Å². The summed E-state index contributed by atoms with van der Waals surface area (Å²) >= 11 is 0. The summed E-state index contributed by atoms with van der Waals surface area (Å²) < 4.78 is 6.89. The molecule has 1 unspecified atom stereocenters. The number of carbonyl (C=O) groups excluding carboxylic acids is 2. The Hall–Kier alpha value is -3.75. The van der Waals surface area contributed by atoms with Crippen molar-refractivity contribution in [3.63, 3.8) is 0 Å². The van der Waals surface area contributed by atoms with Gasteiger partial charge in [-0.2, -0.15) is 0 Å². The first-order valence-electron chi connectivity index (χ1n) is 9.14. The highest BCUT2D eigenvalue weighted by Crippen LogP contribution is 2.34. The molecule has 1 aliphatic heterocycles. The van der Waals surface area contributed by atoms with E-state index in [-0.39, 0.29) is 18.2 Å². The molecule has 0 spiro atoms. The number of hydrogen-bond donors (Lipinski definition) is 1. The lowest BCUT2D eigenvalue weighted by Crippen LogP contribution is -2.28. The lowest BCUT2D eigenvalue weighted by molar-refractivity contribution is -0.122. The summed E-state index contributed by atoms with van der Waals surface area (Å²) in [6.45, 7) is 2.25. The third-order valence-electron chi connectivity index (χ3n) is 4.85. The molecule has 9 heteroatoms. The minimum absolute atomic E-state index is 0.100. The van der Waals surface area contributed by atoms with E-state index < -0.39 is 5.92 Å². The fourth-order valence-electron chi connectivity index (χ4n) is 3.38. The Morgan fingerprint density at radius 2 is 2.10 bits per heavy atom. The second-order valence-corrected chi connectivity index (χ2v) is 6.87. The molecule has 148 valence electrons. The van der Waals surface area contributed by atoms with Crippen LogP contribution in [0, 0.1) is 12.8 Å². The number of benzene rings is 2. The van der Waals surface area contributed by atoms with Crippen LogP contribution in [0.1, 0.15) is 12.0 Å². The van der Waals surface area contributed by atoms with Crippen LogP contribution in [0.4, 0.5) is 11.4 Å². The fourth-order valence-corrected chi connectivity index (χ4v) is 3.38. The largest absolute Gasteiger partial charge is 0.495 e. The number of nitrogens with one attached hydrogen (secondary N) is 1. The van der Waals surface area contributed by atoms with Gasteiger partial charge in [-0.3, -0.25) is 9.59 Å². The van der Waals surface area contributed by atoms with Gasteiger partial charge in [-0.25, -0.2) is 4.68 Å². The first kappa shape index (κ1) is 18.6. The summed E-state index contributed by atoms with van der Waals surface area (Å²) in [6, 6.07) is 12.8. The molecule has 3 aromatic rings. The van der Waals surface area contributed by atoms with E-state index in [4.69, 9.17) is 4.74 Å². The van der Waals surface area contributed by atoms with E-state index in [0.29, 0.717) is 23.7 Å². The van der Waals surface area contributed by atoms with Crippen molar-refractivity contribution < 1.29 is 14.3 Å². The Labute approximate surface area is 167 Å². The SMILES string of the molecule is COc1ccc(C)cc1N1CC(C(=O)Nc2cccc(-n3cnnn3)c2)CC1=O. The Morgan fingerprint density at radius 3 is 2.86 bits per heavy atom. The molecule has 4 rings (SSSR count). The van der Waals surface area contributed by atoms with Crippen molar-refractivity contribution in [1.29, 1.82) is 0 Å². The first-order valence-corrected chi connectivity index (χ1v) is 9.14. The van der Waals surface area contributed by atoms with Crippen molar-refractivity contribution >= 4 is 23.2 Å². The number of aromatic nitrogens is 4. The molecule has 0 radical (unpaired) electrons. The molecule has 1 aliphatic rings. The van der Waals surface area contributed by atoms with Crippen molar-refractivity contribution in [2.75, 3.05) is 23.9 Å². The zero-order chi connectivity index (χ0) is 20.4. The van der Waals surface area contributed by atoms with E-state index in [2.05, 4.69) is 20.8 Å². The molecule has 1 fully saturated rings. The van der Waals surface area contributed by atoms with Crippen LogP contribution in [-0.4, -0.2) is 45.7 Å². The van der Waals surface area contributed by atoms with E-state index in [0.717, 1.165) is 11.3 Å². The summed E-state index contributed by atoms with van der Waals surface area (Å²) in [5.41, 5.74) is 3.04. The van der Waals surface area contributed by atoms with Gasteiger partial charge in [0.2, 0.25) is 11.8 Å². The maximum atomic E-state index is 12.8. The summed E-state index contributed by atoms with van der Waals surface area (Å²) in [5, 5.41) is 13.9. The summed E-state index contributed by atoms with van der Waals surface area (Å²) in [7, 11) is 1.57. The number of hydrogen-bond acceptors (Lipinski definition) is 6. The summed E-state index contributed by atoms with van der Waals surface area (Å²) in [6.07, 6.45) is 1.62. The highest BCUT2D eigenvalue weighted by molar-refractivity contribution is 6.04. The molecule has 2 aromatic carbocycles. The molecular formula is C20H20N6O3. The van der Waals surface area contributed by atoms with Crippen molar-refractivity contribution in [2.45, 2.75) is 13.3 Å². The van der Waals surface area contributed by atoms with E-state index >= 15 is 0 Å². The van der Waals surface area contributed by atoms with Gasteiger partial charge >= 0.3 is 0 Å². The molecule has 2 amide bonds. The zero-order valence-electron chi connectivity index (χ0n) is 16.1. The minimum atomic E-state index is -0.454. The predicted octanol–water partition coefficient (Wildman–Crippen LogP) is 1.97. The molecule has 1 aromatic heterocycles. The van der Waals surface area contributed by atoms with Crippen LogP contribution < -0.4 is 15.0 Å². The lowest BCUT2D eigenvalue weighted by atomic mass is 10.1. The van der Waals surface area contributed by atoms with Crippen LogP contribution in [0.25, 0.3) is 5.69 Å². The molecule has 1 N–H and O–H groups in total. The Bertz CT molecular complexity index is 1050. The topological polar surface area (TPSA) is 102 Å². The number of ether oxygens (including phenoxy) is 1. The van der Waals surface area contributed by atoms with E-state index in [9.17, 15) is 9.59 Å². The molecule has 0 saturated carbocycles. The Morgan fingerprint density at radius 1 is 1.24 bits per heavy atom. The molecular weight excluding hydrogens is 372 g/mol. The Balaban J connectivity index is 1.49. The van der Waals surface area contributed by atoms with Crippen molar-refractivity contribution in [3.05, 3.63) is 54.4 Å². The molecule has 29 heavy (non-hydrogen) atoms. The maximum Gasteiger partial charge on any atom is 0.229 e. The average Bonchev–Trinajstić information content (AvgIpc) is 3.38. The summed E-state index contributed by atoms with van der Waals surface area (Å²) in [4.78, 5) is 27.0. The normalized spacial score (nSPS) is 16.1. The van der Waals surface area contributed by atoms with Gasteiger partial charge in [0.15, 0.2) is 0 Å². The van der Waals surface area contributed by atoms with Crippen LogP contribution >= 0.6 is 0 Å². The van der Waals surface area contributed by atoms with Gasteiger partial charge in [0.1, 0.15) is 12.1 Å². The van der Waals surface area contributed by atoms with Gasteiger partial charge in [0.25, 0.3) is 0 Å². The number of rotatable bonds is 5. The summed E-state index contributed by atoms with van der Waals surface area (Å²) in [5.74, 6) is -0.151. The number of anilines is 2. The van der Waals surface area contributed by atoms with Crippen LogP contribution in [0.5, 0.6) is 5.75 Å². The second-order valence-electron chi connectivity index (χ2n) is 6.87. The Kier molecular flexibility index (Phi) is 4.94. The lowest BCUT2D eigenvalue weighted by Gasteiger charge is -2.20. The second kappa shape index (κ2) is 7.70. The van der Waals surface area contributed by atoms with E-state index in [1.54, 1.807) is 30.2 Å². The third kappa shape index (κ3) is 3.79. The van der Waals surface area contributed by atoms with Crippen molar-refractivity contribution in [3.8, 4) is 11.4 Å². The maximum absolute atomic E-state index is 12.8. The molecule has 0 bridgehead atoms. The number of methoxy groups -OCH3 is 1. The van der Waals surface area contributed by atoms with E-state index in [1.807, 2.05) is 31.2 Å². The van der Waals surface area contributed by atoms with Crippen molar-refractivity contribution in [2.24, 2.45) is 5.92 Å². The smallest absolute Gasteiger partial charge is 0.229 e. The number of aryl methyl sites for hydroxylation is 1. The molecule has 0 aliphatic carbocycles. The van der Waals surface area contributed by atoms with Gasteiger partial charge in [0.05, 0.1) is 24.4 Å². The van der Waals surface area contributed by atoms with Crippen LogP contribution in [-0.2, 0) is 9.59 Å². The molecule has 2 heterocycles. The van der Waals surface area contributed by atoms with E-state index in [1.165, 1.54) is 11.0 Å². The first-order chi connectivity index (χ1) is 14.0. The molecule has 1 atom stereocenters. The predicted molar refractivity (Wildman–Crippen MR) is 106 cm³/mol. The van der Waals surface area contributed by atoms with Crippen LogP contribution in [0.15, 0.2) is 48.8 Å². The number of nitrogens with zero attached hydrogens (tertiary/aromatic N) is 5. The fraction of sp³-hybridized carbons (Fsp3) is 0.250. The number of amides is 2. The van der Waals surface area contributed by atoms with Crippen LogP contribution in [0.3, 0.4) is 0 Å². The highest BCUT2D eigenvalue weighted by atomic mass is 16.5. The van der Waals surface area contributed by atoms with Gasteiger partial charge in [-0.05, 0) is 53.2 Å². The van der Waals surface area contributed by atoms with Gasteiger partial charge in [-0.15, -0.1) is 5.10 Å². The molecule has 1 saturated heterocycles. The zero-order valence-corrected chi connectivity index (χ0v) is 16.1. The number of carbonyl (C=O) groups is 2. The van der Waals surface area contributed by atoms with Gasteiger partial charge in [-0.1, -0.05) is 12.1 Å². The molecule has 9 nitrogen and oxygen atoms in total. The minimum Gasteiger partial charge on any atom is -0.495 e. The monoisotopic (exact) mass is 392 g/mol. The van der Waals surface area contributed by atoms with Gasteiger partial charge in [0, 0.05) is 18.7 Å². The van der Waals surface area contributed by atoms with Gasteiger partial charge < -0.3 is 15.0 Å². The third-order valence-corrected chi connectivity index (χ3v) is 4.85. The van der Waals surface area contributed by atoms with Crippen molar-refractivity contribution in [1.82, 2.24) is 20.2 Å². The number of tetrazole rings is 1. The standard InChI is InChI=1S/C20H20N6O3/c1-13-6-7-18(29-2)17(8-13)25-11-14(9-19(25)27)20(28)22-15-4-3-5-16(10-15)26-12-21-23-24-26/h3-8,10,12,14H,9,11H2,1-2H3,(H,22,28). The quantitative estimate of drug-likeness (QED) is 0.712. The average molecular weight is 392 g/mol.